The minimum Gasteiger partial charge on any atom is -0.444 e. The molecular formula is C21H27N5O3. The van der Waals surface area contributed by atoms with E-state index in [1.54, 1.807) is 44.9 Å². The van der Waals surface area contributed by atoms with Crippen molar-refractivity contribution in [3.05, 3.63) is 48.4 Å². The van der Waals surface area contributed by atoms with Crippen LogP contribution in [0.25, 0.3) is 10.9 Å². The SMILES string of the molecule is Cn1cc(NC(=O)C(Cc2cn(C)c3ccccc23)NC(=O)OC(C)(C)C)cn1. The molecule has 0 saturated carbocycles. The molecule has 0 aliphatic rings. The van der Waals surface area contributed by atoms with Crippen LogP contribution in [0.1, 0.15) is 26.3 Å². The zero-order chi connectivity index (χ0) is 21.2. The minimum atomic E-state index is -0.809. The van der Waals surface area contributed by atoms with Crippen molar-refractivity contribution in [3.8, 4) is 0 Å². The number of aryl methyl sites for hydroxylation is 2. The van der Waals surface area contributed by atoms with Gasteiger partial charge in [-0.25, -0.2) is 4.79 Å². The highest BCUT2D eigenvalue weighted by molar-refractivity contribution is 5.97. The van der Waals surface area contributed by atoms with Gasteiger partial charge in [-0.2, -0.15) is 5.10 Å². The quantitative estimate of drug-likeness (QED) is 0.693. The number of nitrogens with one attached hydrogen (secondary N) is 2. The number of benzene rings is 1. The molecule has 0 fully saturated rings. The average Bonchev–Trinajstić information content (AvgIpc) is 3.16. The van der Waals surface area contributed by atoms with Gasteiger partial charge in [-0.05, 0) is 32.4 Å². The summed E-state index contributed by atoms with van der Waals surface area (Å²) in [5, 5.41) is 10.6. The van der Waals surface area contributed by atoms with Crippen LogP contribution < -0.4 is 10.6 Å². The van der Waals surface area contributed by atoms with E-state index in [-0.39, 0.29) is 5.91 Å². The van der Waals surface area contributed by atoms with Crippen LogP contribution in [0.4, 0.5) is 10.5 Å². The zero-order valence-electron chi connectivity index (χ0n) is 17.4. The van der Waals surface area contributed by atoms with Crippen LogP contribution in [-0.4, -0.2) is 38.0 Å². The van der Waals surface area contributed by atoms with E-state index >= 15 is 0 Å². The molecule has 0 aliphatic heterocycles. The number of rotatable bonds is 5. The Morgan fingerprint density at radius 3 is 2.55 bits per heavy atom. The van der Waals surface area contributed by atoms with E-state index in [0.29, 0.717) is 12.1 Å². The number of amides is 2. The van der Waals surface area contributed by atoms with Gasteiger partial charge in [0.1, 0.15) is 11.6 Å². The minimum absolute atomic E-state index is 0.326. The smallest absolute Gasteiger partial charge is 0.408 e. The first-order valence-electron chi connectivity index (χ1n) is 9.44. The molecule has 0 bridgehead atoms. The van der Waals surface area contributed by atoms with Crippen LogP contribution in [0, 0.1) is 0 Å². The second-order valence-electron chi connectivity index (χ2n) is 8.08. The number of hydrogen-bond acceptors (Lipinski definition) is 4. The Morgan fingerprint density at radius 2 is 1.90 bits per heavy atom. The molecule has 0 saturated heterocycles. The van der Waals surface area contributed by atoms with E-state index in [1.807, 2.05) is 42.1 Å². The number of hydrogen-bond donors (Lipinski definition) is 2. The van der Waals surface area contributed by atoms with Gasteiger partial charge in [-0.3, -0.25) is 9.48 Å². The fourth-order valence-corrected chi connectivity index (χ4v) is 3.18. The van der Waals surface area contributed by atoms with Crippen molar-refractivity contribution < 1.29 is 14.3 Å². The highest BCUT2D eigenvalue weighted by Crippen LogP contribution is 2.22. The Hall–Kier alpha value is -3.29. The summed E-state index contributed by atoms with van der Waals surface area (Å²) in [6.07, 6.45) is 4.92. The van der Waals surface area contributed by atoms with Gasteiger partial charge < -0.3 is 19.9 Å². The molecule has 8 nitrogen and oxygen atoms in total. The molecule has 0 spiro atoms. The third-order valence-electron chi connectivity index (χ3n) is 4.38. The molecule has 2 amide bonds. The number of ether oxygens (including phenoxy) is 1. The predicted octanol–water partition coefficient (Wildman–Crippen LogP) is 2.99. The second-order valence-corrected chi connectivity index (χ2v) is 8.08. The summed E-state index contributed by atoms with van der Waals surface area (Å²) in [4.78, 5) is 25.3. The van der Waals surface area contributed by atoms with Crippen LogP contribution in [0.5, 0.6) is 0 Å². The van der Waals surface area contributed by atoms with Crippen LogP contribution >= 0.6 is 0 Å². The molecule has 3 rings (SSSR count). The maximum Gasteiger partial charge on any atom is 0.408 e. The number of nitrogens with zero attached hydrogens (tertiary/aromatic N) is 3. The summed E-state index contributed by atoms with van der Waals surface area (Å²) < 4.78 is 8.95. The molecule has 1 unspecified atom stereocenters. The third kappa shape index (κ3) is 5.16. The van der Waals surface area contributed by atoms with E-state index in [1.165, 1.54) is 0 Å². The highest BCUT2D eigenvalue weighted by Gasteiger charge is 2.26. The van der Waals surface area contributed by atoms with Gasteiger partial charge in [0.05, 0.1) is 11.9 Å². The highest BCUT2D eigenvalue weighted by atomic mass is 16.6. The fraction of sp³-hybridized carbons (Fsp3) is 0.381. The molecule has 154 valence electrons. The molecule has 2 heterocycles. The van der Waals surface area contributed by atoms with Gasteiger partial charge in [0.25, 0.3) is 0 Å². The molecule has 29 heavy (non-hydrogen) atoms. The van der Waals surface area contributed by atoms with Crippen molar-refractivity contribution in [2.24, 2.45) is 14.1 Å². The van der Waals surface area contributed by atoms with Gasteiger partial charge in [-0.15, -0.1) is 0 Å². The number of aromatic nitrogens is 3. The van der Waals surface area contributed by atoms with Gasteiger partial charge in [-0.1, -0.05) is 18.2 Å². The van der Waals surface area contributed by atoms with Crippen molar-refractivity contribution in [1.29, 1.82) is 0 Å². The van der Waals surface area contributed by atoms with Crippen molar-refractivity contribution in [2.75, 3.05) is 5.32 Å². The fourth-order valence-electron chi connectivity index (χ4n) is 3.18. The summed E-state index contributed by atoms with van der Waals surface area (Å²) in [5.74, 6) is -0.336. The van der Waals surface area contributed by atoms with E-state index in [9.17, 15) is 9.59 Å². The van der Waals surface area contributed by atoms with Crippen molar-refractivity contribution in [3.63, 3.8) is 0 Å². The van der Waals surface area contributed by atoms with Crippen molar-refractivity contribution in [2.45, 2.75) is 38.8 Å². The summed E-state index contributed by atoms with van der Waals surface area (Å²) in [6, 6.07) is 7.14. The van der Waals surface area contributed by atoms with Gasteiger partial charge in [0.2, 0.25) is 5.91 Å². The molecular weight excluding hydrogens is 370 g/mol. The topological polar surface area (TPSA) is 90.2 Å². The lowest BCUT2D eigenvalue weighted by Gasteiger charge is -2.23. The van der Waals surface area contributed by atoms with Crippen molar-refractivity contribution >= 4 is 28.6 Å². The number of alkyl carbamates (subject to hydrolysis) is 1. The number of fused-ring (bicyclic) bond motifs is 1. The molecule has 1 aromatic carbocycles. The summed E-state index contributed by atoms with van der Waals surface area (Å²) >= 11 is 0. The largest absolute Gasteiger partial charge is 0.444 e. The lowest BCUT2D eigenvalue weighted by atomic mass is 10.0. The first-order valence-corrected chi connectivity index (χ1v) is 9.44. The second kappa shape index (κ2) is 7.98. The normalized spacial score (nSPS) is 12.6. The van der Waals surface area contributed by atoms with E-state index in [4.69, 9.17) is 4.74 Å². The molecule has 3 aromatic rings. The van der Waals surface area contributed by atoms with E-state index in [0.717, 1.165) is 16.5 Å². The molecule has 1 atom stereocenters. The van der Waals surface area contributed by atoms with Gasteiger partial charge >= 0.3 is 6.09 Å². The first kappa shape index (κ1) is 20.4. The molecule has 0 aliphatic carbocycles. The van der Waals surface area contributed by atoms with Gasteiger partial charge in [0.15, 0.2) is 0 Å². The average molecular weight is 397 g/mol. The number of anilines is 1. The van der Waals surface area contributed by atoms with Crippen LogP contribution in [0.15, 0.2) is 42.9 Å². The number of carbonyl (C=O) groups is 2. The monoisotopic (exact) mass is 397 g/mol. The molecule has 0 radical (unpaired) electrons. The third-order valence-corrected chi connectivity index (χ3v) is 4.38. The Bertz CT molecular complexity index is 1030. The Balaban J connectivity index is 1.84. The Morgan fingerprint density at radius 1 is 1.17 bits per heavy atom. The lowest BCUT2D eigenvalue weighted by Crippen LogP contribution is -2.47. The van der Waals surface area contributed by atoms with Gasteiger partial charge in [0, 0.05) is 43.8 Å². The molecule has 2 N–H and O–H groups in total. The maximum atomic E-state index is 12.9. The van der Waals surface area contributed by atoms with Crippen molar-refractivity contribution in [1.82, 2.24) is 19.7 Å². The van der Waals surface area contributed by atoms with Crippen LogP contribution in [0.2, 0.25) is 0 Å². The number of para-hydroxylation sites is 1. The zero-order valence-corrected chi connectivity index (χ0v) is 17.4. The van der Waals surface area contributed by atoms with Crippen LogP contribution in [-0.2, 0) is 30.0 Å². The predicted molar refractivity (Wildman–Crippen MR) is 112 cm³/mol. The summed E-state index contributed by atoms with van der Waals surface area (Å²) in [6.45, 7) is 5.34. The van der Waals surface area contributed by atoms with Crippen LogP contribution in [0.3, 0.4) is 0 Å². The number of carbonyl (C=O) groups excluding carboxylic acids is 2. The Kier molecular flexibility index (Phi) is 5.63. The Labute approximate surface area is 169 Å². The maximum absolute atomic E-state index is 12.9. The van der Waals surface area contributed by atoms with E-state index < -0.39 is 17.7 Å². The summed E-state index contributed by atoms with van der Waals surface area (Å²) in [7, 11) is 3.72. The lowest BCUT2D eigenvalue weighted by molar-refractivity contribution is -0.118. The standard InChI is InChI=1S/C21H27N5O3/c1-21(2,3)29-20(28)24-17(19(27)23-15-11-22-26(5)13-15)10-14-12-25(4)18-9-7-6-8-16(14)18/h6-9,11-13,17H,10H2,1-5H3,(H,23,27)(H,24,28). The molecule has 8 heteroatoms. The van der Waals surface area contributed by atoms with E-state index in [2.05, 4.69) is 15.7 Å². The first-order chi connectivity index (χ1) is 13.6. The molecule has 2 aromatic heterocycles. The summed E-state index contributed by atoms with van der Waals surface area (Å²) in [5.41, 5.74) is 1.93.